The van der Waals surface area contributed by atoms with E-state index in [0.717, 1.165) is 12.1 Å². The Bertz CT molecular complexity index is 819. The van der Waals surface area contributed by atoms with E-state index in [2.05, 4.69) is 0 Å². The Morgan fingerprint density at radius 1 is 1.45 bits per heavy atom. The van der Waals surface area contributed by atoms with Crippen LogP contribution in [0.2, 0.25) is 0 Å². The molecule has 1 N–H and O–H groups in total. The molecule has 2 rings (SSSR count). The van der Waals surface area contributed by atoms with E-state index in [1.165, 1.54) is 13.0 Å². The molecule has 1 aromatic heterocycles. The number of aromatic carboxylic acids is 1. The van der Waals surface area contributed by atoms with Gasteiger partial charge in [0.15, 0.2) is 9.84 Å². The number of nitro benzene ring substituents is 1. The molecule has 0 aliphatic heterocycles. The van der Waals surface area contributed by atoms with Crippen molar-refractivity contribution >= 4 is 32.5 Å². The number of fused-ring (bicyclic) bond motifs is 1. The Labute approximate surface area is 112 Å². The fraction of sp³-hybridized carbons (Fsp3) is 0.182. The molecule has 0 aliphatic rings. The fourth-order valence-corrected chi connectivity index (χ4v) is 2.97. The van der Waals surface area contributed by atoms with Crippen molar-refractivity contribution in [2.45, 2.75) is 11.8 Å². The van der Waals surface area contributed by atoms with Crippen molar-refractivity contribution in [1.82, 2.24) is 0 Å². The van der Waals surface area contributed by atoms with Gasteiger partial charge in [-0.25, -0.2) is 13.2 Å². The molecule has 0 amide bonds. The van der Waals surface area contributed by atoms with E-state index in [1.54, 1.807) is 0 Å². The third-order valence-corrected chi connectivity index (χ3v) is 4.51. The van der Waals surface area contributed by atoms with Crippen LogP contribution in [0.1, 0.15) is 17.5 Å². The van der Waals surface area contributed by atoms with E-state index in [1.807, 2.05) is 0 Å². The lowest BCUT2D eigenvalue weighted by Gasteiger charge is -1.99. The van der Waals surface area contributed by atoms with Crippen molar-refractivity contribution in [1.29, 1.82) is 0 Å². The first kappa shape index (κ1) is 14.0. The Morgan fingerprint density at radius 3 is 2.60 bits per heavy atom. The monoisotopic (exact) mass is 299 g/mol. The average Bonchev–Trinajstić information content (AvgIpc) is 2.77. The third kappa shape index (κ3) is 2.11. The van der Waals surface area contributed by atoms with E-state index in [0.29, 0.717) is 0 Å². The maximum Gasteiger partial charge on any atom is 0.373 e. The van der Waals surface area contributed by atoms with Gasteiger partial charge in [-0.1, -0.05) is 6.92 Å². The number of benzene rings is 1. The first-order chi connectivity index (χ1) is 9.27. The molecule has 1 aromatic carbocycles. The van der Waals surface area contributed by atoms with Crippen LogP contribution in [0, 0.1) is 10.1 Å². The molecule has 0 spiro atoms. The van der Waals surface area contributed by atoms with Crippen LogP contribution < -0.4 is 0 Å². The number of non-ortho nitro benzene ring substituents is 1. The highest BCUT2D eigenvalue weighted by Crippen LogP contribution is 2.33. The second-order valence-corrected chi connectivity index (χ2v) is 6.12. The molecule has 0 bridgehead atoms. The first-order valence-corrected chi connectivity index (χ1v) is 7.10. The number of sulfone groups is 1. The summed E-state index contributed by atoms with van der Waals surface area (Å²) in [6, 6.07) is 3.28. The van der Waals surface area contributed by atoms with Crippen LogP contribution in [0.15, 0.2) is 27.5 Å². The topological polar surface area (TPSA) is 128 Å². The second-order valence-electron chi connectivity index (χ2n) is 3.91. The SMILES string of the molecule is CCS(=O)(=O)c1c(C(=O)O)oc2ccc([N+](=O)[O-])cc12. The maximum atomic E-state index is 12.0. The van der Waals surface area contributed by atoms with Gasteiger partial charge in [-0.15, -0.1) is 0 Å². The van der Waals surface area contributed by atoms with Crippen molar-refractivity contribution in [3.8, 4) is 0 Å². The number of carboxylic acid groups (broad SMARTS) is 1. The highest BCUT2D eigenvalue weighted by Gasteiger charge is 2.30. The van der Waals surface area contributed by atoms with E-state index in [9.17, 15) is 23.3 Å². The number of carboxylic acids is 1. The predicted molar refractivity (Wildman–Crippen MR) is 67.6 cm³/mol. The summed E-state index contributed by atoms with van der Waals surface area (Å²) >= 11 is 0. The number of hydrogen-bond acceptors (Lipinski definition) is 6. The second kappa shape index (κ2) is 4.60. The number of furan rings is 1. The minimum atomic E-state index is -3.90. The molecule has 0 fully saturated rings. The van der Waals surface area contributed by atoms with E-state index in [-0.39, 0.29) is 22.4 Å². The zero-order valence-electron chi connectivity index (χ0n) is 10.2. The quantitative estimate of drug-likeness (QED) is 0.673. The first-order valence-electron chi connectivity index (χ1n) is 5.45. The molecule has 8 nitrogen and oxygen atoms in total. The van der Waals surface area contributed by atoms with Crippen molar-refractivity contribution in [2.75, 3.05) is 5.75 Å². The number of nitro groups is 1. The van der Waals surface area contributed by atoms with Crippen LogP contribution in [-0.2, 0) is 9.84 Å². The predicted octanol–water partition coefficient (Wildman–Crippen LogP) is 1.83. The smallest absolute Gasteiger partial charge is 0.373 e. The van der Waals surface area contributed by atoms with E-state index < -0.39 is 31.4 Å². The van der Waals surface area contributed by atoms with Gasteiger partial charge in [0.2, 0.25) is 5.76 Å². The minimum Gasteiger partial charge on any atom is -0.475 e. The summed E-state index contributed by atoms with van der Waals surface area (Å²) < 4.78 is 29.0. The van der Waals surface area contributed by atoms with Gasteiger partial charge in [-0.2, -0.15) is 0 Å². The number of nitrogens with zero attached hydrogens (tertiary/aromatic N) is 1. The van der Waals surface area contributed by atoms with Crippen LogP contribution in [-0.4, -0.2) is 30.2 Å². The summed E-state index contributed by atoms with van der Waals surface area (Å²) in [6.07, 6.45) is 0. The van der Waals surface area contributed by atoms with Gasteiger partial charge < -0.3 is 9.52 Å². The van der Waals surface area contributed by atoms with Crippen LogP contribution in [0.4, 0.5) is 5.69 Å². The number of carbonyl (C=O) groups is 1. The Hall–Kier alpha value is -2.42. The summed E-state index contributed by atoms with van der Waals surface area (Å²) in [4.78, 5) is 20.6. The van der Waals surface area contributed by atoms with Gasteiger partial charge in [0.05, 0.1) is 10.7 Å². The highest BCUT2D eigenvalue weighted by molar-refractivity contribution is 7.91. The van der Waals surface area contributed by atoms with Gasteiger partial charge in [-0.3, -0.25) is 10.1 Å². The summed E-state index contributed by atoms with van der Waals surface area (Å²) in [5.41, 5.74) is -0.372. The van der Waals surface area contributed by atoms with Gasteiger partial charge in [0, 0.05) is 17.5 Å². The van der Waals surface area contributed by atoms with Crippen molar-refractivity contribution in [3.63, 3.8) is 0 Å². The van der Waals surface area contributed by atoms with Crippen molar-refractivity contribution < 1.29 is 27.7 Å². The Balaban J connectivity index is 2.92. The molecular formula is C11H9NO7S. The standard InChI is InChI=1S/C11H9NO7S/c1-2-20(17,18)10-7-5-6(12(15)16)3-4-8(7)19-9(10)11(13)14/h3-5H,2H2,1H3,(H,13,14). The lowest BCUT2D eigenvalue weighted by Crippen LogP contribution is -2.08. The van der Waals surface area contributed by atoms with E-state index in [4.69, 9.17) is 9.52 Å². The largest absolute Gasteiger partial charge is 0.475 e. The molecule has 0 radical (unpaired) electrons. The molecule has 0 aliphatic carbocycles. The zero-order chi connectivity index (χ0) is 15.1. The molecule has 9 heteroatoms. The van der Waals surface area contributed by atoms with Crippen LogP contribution in [0.25, 0.3) is 11.0 Å². The summed E-state index contributed by atoms with van der Waals surface area (Å²) in [5, 5.41) is 19.6. The molecule has 0 atom stereocenters. The molecule has 0 saturated heterocycles. The molecule has 2 aromatic rings. The number of hydrogen-bond donors (Lipinski definition) is 1. The molecule has 1 heterocycles. The summed E-state index contributed by atoms with van der Waals surface area (Å²) in [7, 11) is -3.90. The zero-order valence-corrected chi connectivity index (χ0v) is 11.0. The molecular weight excluding hydrogens is 290 g/mol. The fourth-order valence-electron chi connectivity index (χ4n) is 1.77. The van der Waals surface area contributed by atoms with Crippen LogP contribution in [0.3, 0.4) is 0 Å². The molecule has 106 valence electrons. The number of rotatable bonds is 4. The molecule has 0 unspecified atom stereocenters. The average molecular weight is 299 g/mol. The lowest BCUT2D eigenvalue weighted by molar-refractivity contribution is -0.384. The summed E-state index contributed by atoms with van der Waals surface area (Å²) in [6.45, 7) is 1.34. The van der Waals surface area contributed by atoms with Crippen LogP contribution in [0.5, 0.6) is 0 Å². The van der Waals surface area contributed by atoms with Gasteiger partial charge in [-0.05, 0) is 6.07 Å². The third-order valence-electron chi connectivity index (χ3n) is 2.72. The van der Waals surface area contributed by atoms with Crippen molar-refractivity contribution in [3.05, 3.63) is 34.1 Å². The van der Waals surface area contributed by atoms with Gasteiger partial charge in [0.25, 0.3) is 5.69 Å². The van der Waals surface area contributed by atoms with Crippen LogP contribution >= 0.6 is 0 Å². The minimum absolute atomic E-state index is 0.0278. The molecule has 20 heavy (non-hydrogen) atoms. The van der Waals surface area contributed by atoms with Crippen molar-refractivity contribution in [2.24, 2.45) is 0 Å². The Kier molecular flexibility index (Phi) is 3.22. The Morgan fingerprint density at radius 2 is 2.10 bits per heavy atom. The molecule has 0 saturated carbocycles. The van der Waals surface area contributed by atoms with Gasteiger partial charge >= 0.3 is 5.97 Å². The lowest BCUT2D eigenvalue weighted by atomic mass is 10.2. The summed E-state index contributed by atoms with van der Waals surface area (Å²) in [5.74, 6) is -2.62. The highest BCUT2D eigenvalue weighted by atomic mass is 32.2. The van der Waals surface area contributed by atoms with E-state index >= 15 is 0 Å². The normalized spacial score (nSPS) is 11.7. The maximum absolute atomic E-state index is 12.0. The van der Waals surface area contributed by atoms with Gasteiger partial charge in [0.1, 0.15) is 10.5 Å².